The molecule has 0 bridgehead atoms. The minimum Gasteiger partial charge on any atom is -0.361 e. The van der Waals surface area contributed by atoms with Crippen LogP contribution in [-0.4, -0.2) is 18.4 Å². The van der Waals surface area contributed by atoms with Crippen LogP contribution in [0, 0.1) is 5.92 Å². The number of fused-ring (bicyclic) bond motifs is 1. The molecule has 0 radical (unpaired) electrons. The Kier molecular flexibility index (Phi) is 6.48. The molecular weight excluding hydrogens is 270 g/mol. The lowest BCUT2D eigenvalue weighted by Gasteiger charge is -2.28. The Morgan fingerprint density at radius 1 is 1.18 bits per heavy atom. The van der Waals surface area contributed by atoms with E-state index in [2.05, 4.69) is 49.9 Å². The number of ketones is 1. The minimum atomic E-state index is 0.0681. The van der Waals surface area contributed by atoms with Gasteiger partial charge < -0.3 is 4.90 Å². The summed E-state index contributed by atoms with van der Waals surface area (Å²) < 4.78 is 0. The zero-order valence-corrected chi connectivity index (χ0v) is 14.5. The number of anilines is 1. The summed E-state index contributed by atoms with van der Waals surface area (Å²) in [5.74, 6) is 0.592. The fourth-order valence-electron chi connectivity index (χ4n) is 3.40. The van der Waals surface area contributed by atoms with E-state index in [-0.39, 0.29) is 12.0 Å². The van der Waals surface area contributed by atoms with Crippen LogP contribution in [0.2, 0.25) is 0 Å². The molecule has 0 spiro atoms. The highest BCUT2D eigenvalue weighted by Crippen LogP contribution is 2.34. The highest BCUT2D eigenvalue weighted by Gasteiger charge is 2.35. The third kappa shape index (κ3) is 3.91. The average Bonchev–Trinajstić information content (AvgIpc) is 2.92. The van der Waals surface area contributed by atoms with Crippen LogP contribution in [0.3, 0.4) is 0 Å². The molecule has 122 valence electrons. The minimum absolute atomic E-state index is 0.0681. The Labute approximate surface area is 135 Å². The van der Waals surface area contributed by atoms with Crippen molar-refractivity contribution >= 4 is 11.5 Å². The van der Waals surface area contributed by atoms with Crippen LogP contribution in [0.5, 0.6) is 0 Å². The van der Waals surface area contributed by atoms with Crippen LogP contribution in [0.4, 0.5) is 5.69 Å². The van der Waals surface area contributed by atoms with Crippen molar-refractivity contribution in [1.82, 2.24) is 0 Å². The summed E-state index contributed by atoms with van der Waals surface area (Å²) in [5, 5.41) is 0. The molecule has 0 saturated carbocycles. The van der Waals surface area contributed by atoms with E-state index in [4.69, 9.17) is 0 Å². The van der Waals surface area contributed by atoms with Gasteiger partial charge in [0.1, 0.15) is 0 Å². The second-order valence-electron chi connectivity index (χ2n) is 6.67. The second kappa shape index (κ2) is 8.36. The number of hydrogen-bond acceptors (Lipinski definition) is 2. The third-order valence-corrected chi connectivity index (χ3v) is 5.02. The first-order valence-electron chi connectivity index (χ1n) is 9.07. The van der Waals surface area contributed by atoms with Gasteiger partial charge in [0.15, 0.2) is 5.78 Å². The number of carbonyl (C=O) groups excluding carboxylic acids is 1. The molecule has 0 saturated heterocycles. The van der Waals surface area contributed by atoms with Gasteiger partial charge in [-0.25, -0.2) is 0 Å². The topological polar surface area (TPSA) is 20.3 Å². The van der Waals surface area contributed by atoms with Gasteiger partial charge in [-0.05, 0) is 24.5 Å². The van der Waals surface area contributed by atoms with Gasteiger partial charge in [-0.2, -0.15) is 0 Å². The molecule has 0 N–H and O–H groups in total. The Morgan fingerprint density at radius 3 is 2.64 bits per heavy atom. The van der Waals surface area contributed by atoms with E-state index in [0.717, 1.165) is 19.4 Å². The zero-order valence-electron chi connectivity index (χ0n) is 14.5. The van der Waals surface area contributed by atoms with E-state index in [1.54, 1.807) is 0 Å². The molecule has 1 aromatic rings. The van der Waals surface area contributed by atoms with Crippen LogP contribution >= 0.6 is 0 Å². The summed E-state index contributed by atoms with van der Waals surface area (Å²) in [5.41, 5.74) is 2.64. The summed E-state index contributed by atoms with van der Waals surface area (Å²) in [6.07, 6.45) is 8.23. The first-order valence-corrected chi connectivity index (χ1v) is 9.07. The van der Waals surface area contributed by atoms with Crippen molar-refractivity contribution < 1.29 is 4.79 Å². The lowest BCUT2D eigenvalue weighted by molar-refractivity contribution is -0.123. The lowest BCUT2D eigenvalue weighted by Crippen LogP contribution is -2.41. The maximum absolute atomic E-state index is 12.7. The van der Waals surface area contributed by atoms with Crippen LogP contribution in [0.15, 0.2) is 24.3 Å². The standard InChI is InChI=1S/C20H31NO/c1-4-6-7-8-11-14-21-18-13-10-9-12-17(18)15-19(21)20(22)16(3)5-2/h9-10,12-13,16,19H,4-8,11,14-15H2,1-3H3. The summed E-state index contributed by atoms with van der Waals surface area (Å²) in [6, 6.07) is 8.63. The lowest BCUT2D eigenvalue weighted by atomic mass is 9.95. The van der Waals surface area contributed by atoms with E-state index in [1.807, 2.05) is 0 Å². The number of Topliss-reactive ketones (excluding diaryl/α,β-unsaturated/α-hetero) is 1. The number of nitrogens with zero attached hydrogens (tertiary/aromatic N) is 1. The van der Waals surface area contributed by atoms with Gasteiger partial charge >= 0.3 is 0 Å². The molecule has 22 heavy (non-hydrogen) atoms. The van der Waals surface area contributed by atoms with Crippen molar-refractivity contribution in [3.63, 3.8) is 0 Å². The first kappa shape index (κ1) is 17.1. The number of carbonyl (C=O) groups is 1. The van der Waals surface area contributed by atoms with E-state index in [0.29, 0.717) is 5.78 Å². The van der Waals surface area contributed by atoms with Crippen molar-refractivity contribution in [2.24, 2.45) is 5.92 Å². The van der Waals surface area contributed by atoms with Crippen molar-refractivity contribution in [2.45, 2.75) is 71.8 Å². The van der Waals surface area contributed by atoms with Crippen molar-refractivity contribution in [1.29, 1.82) is 0 Å². The molecule has 1 aliphatic rings. The average molecular weight is 301 g/mol. The largest absolute Gasteiger partial charge is 0.361 e. The summed E-state index contributed by atoms with van der Waals surface area (Å²) in [6.45, 7) is 7.45. The first-order chi connectivity index (χ1) is 10.7. The fraction of sp³-hybridized carbons (Fsp3) is 0.650. The third-order valence-electron chi connectivity index (χ3n) is 5.02. The maximum atomic E-state index is 12.7. The molecule has 2 unspecified atom stereocenters. The van der Waals surface area contributed by atoms with Gasteiger partial charge in [0.25, 0.3) is 0 Å². The molecular formula is C20H31NO. The van der Waals surface area contributed by atoms with Gasteiger partial charge in [0.05, 0.1) is 6.04 Å². The molecule has 0 fully saturated rings. The van der Waals surface area contributed by atoms with Crippen molar-refractivity contribution in [2.75, 3.05) is 11.4 Å². The number of unbranched alkanes of at least 4 members (excludes halogenated alkanes) is 4. The Balaban J connectivity index is 2.04. The number of hydrogen-bond donors (Lipinski definition) is 0. The molecule has 1 aromatic carbocycles. The molecule has 2 atom stereocenters. The maximum Gasteiger partial charge on any atom is 0.158 e. The van der Waals surface area contributed by atoms with Crippen LogP contribution in [0.25, 0.3) is 0 Å². The highest BCUT2D eigenvalue weighted by atomic mass is 16.1. The van der Waals surface area contributed by atoms with E-state index in [1.165, 1.54) is 43.4 Å². The second-order valence-corrected chi connectivity index (χ2v) is 6.67. The normalized spacial score (nSPS) is 18.3. The summed E-state index contributed by atoms with van der Waals surface area (Å²) in [7, 11) is 0. The van der Waals surface area contributed by atoms with Gasteiger partial charge in [0, 0.05) is 24.6 Å². The predicted octanol–water partition coefficient (Wildman–Crippen LogP) is 5.00. The highest BCUT2D eigenvalue weighted by molar-refractivity contribution is 5.91. The smallest absolute Gasteiger partial charge is 0.158 e. The van der Waals surface area contributed by atoms with Crippen LogP contribution < -0.4 is 4.90 Å². The Bertz CT molecular complexity index is 482. The molecule has 0 aromatic heterocycles. The predicted molar refractivity (Wildman–Crippen MR) is 94.5 cm³/mol. The zero-order chi connectivity index (χ0) is 15.9. The quantitative estimate of drug-likeness (QED) is 0.598. The van der Waals surface area contributed by atoms with Crippen molar-refractivity contribution in [3.8, 4) is 0 Å². The Morgan fingerprint density at radius 2 is 1.91 bits per heavy atom. The van der Waals surface area contributed by atoms with Crippen LogP contribution in [0.1, 0.15) is 64.9 Å². The van der Waals surface area contributed by atoms with E-state index in [9.17, 15) is 4.79 Å². The number of para-hydroxylation sites is 1. The molecule has 1 heterocycles. The molecule has 0 aliphatic carbocycles. The van der Waals surface area contributed by atoms with Gasteiger partial charge in [-0.1, -0.05) is 64.7 Å². The van der Waals surface area contributed by atoms with E-state index < -0.39 is 0 Å². The molecule has 2 nitrogen and oxygen atoms in total. The van der Waals surface area contributed by atoms with Gasteiger partial charge in [-0.3, -0.25) is 4.79 Å². The van der Waals surface area contributed by atoms with E-state index >= 15 is 0 Å². The monoisotopic (exact) mass is 301 g/mol. The number of benzene rings is 1. The van der Waals surface area contributed by atoms with Gasteiger partial charge in [0.2, 0.25) is 0 Å². The fourth-order valence-corrected chi connectivity index (χ4v) is 3.40. The van der Waals surface area contributed by atoms with Gasteiger partial charge in [-0.15, -0.1) is 0 Å². The van der Waals surface area contributed by atoms with Crippen molar-refractivity contribution in [3.05, 3.63) is 29.8 Å². The number of rotatable bonds is 9. The molecule has 0 amide bonds. The summed E-state index contributed by atoms with van der Waals surface area (Å²) >= 11 is 0. The molecule has 1 aliphatic heterocycles. The molecule has 2 rings (SSSR count). The SMILES string of the molecule is CCCCCCCN1c2ccccc2CC1C(=O)C(C)CC. The van der Waals surface area contributed by atoms with Crippen LogP contribution in [-0.2, 0) is 11.2 Å². The summed E-state index contributed by atoms with van der Waals surface area (Å²) in [4.78, 5) is 15.1. The molecule has 2 heteroatoms. The Hall–Kier alpha value is -1.31.